The third kappa shape index (κ3) is 13.6. The van der Waals surface area contributed by atoms with Crippen LogP contribution >= 0.6 is 0 Å². The van der Waals surface area contributed by atoms with Crippen molar-refractivity contribution in [2.45, 2.75) is 13.8 Å². The Balaban J connectivity index is 0.000000454. The molecule has 0 fully saturated rings. The van der Waals surface area contributed by atoms with E-state index >= 15 is 0 Å². The van der Waals surface area contributed by atoms with Crippen LogP contribution in [0, 0.1) is 11.6 Å². The summed E-state index contributed by atoms with van der Waals surface area (Å²) in [4.78, 5) is 20.3. The molecule has 0 aliphatic carbocycles. The van der Waals surface area contributed by atoms with Gasteiger partial charge >= 0.3 is 11.9 Å². The standard InChI is InChI=1S/C11H11FO2.C8H7F.C5H8O2/c1-9(13)14-8-4-6-10-5-2-3-7-11(10)12;1-2-7-5-3-4-6-8(7)9;1-3-4-7-5(2)6/h2-7H,8H2,1H3;2-6H,1H2;3H,1,4H2,2H3/b6-4+;;. The SMILES string of the molecule is C=CCOC(C)=O.C=Cc1ccccc1F.CC(=O)OC/C=C/c1ccccc1F. The van der Waals surface area contributed by atoms with Crippen LogP contribution in [0.3, 0.4) is 0 Å². The highest BCUT2D eigenvalue weighted by atomic mass is 19.1. The first-order valence-corrected chi connectivity index (χ1v) is 8.97. The number of ether oxygens (including phenoxy) is 2. The van der Waals surface area contributed by atoms with Crippen molar-refractivity contribution in [3.63, 3.8) is 0 Å². The molecular weight excluding hydrogens is 390 g/mol. The predicted molar refractivity (Wildman–Crippen MR) is 115 cm³/mol. The van der Waals surface area contributed by atoms with Crippen LogP contribution in [0.2, 0.25) is 0 Å². The lowest BCUT2D eigenvalue weighted by atomic mass is 10.2. The van der Waals surface area contributed by atoms with Crippen molar-refractivity contribution < 1.29 is 27.8 Å². The van der Waals surface area contributed by atoms with Gasteiger partial charge in [0, 0.05) is 25.0 Å². The minimum absolute atomic E-state index is 0.170. The normalized spacial score (nSPS) is 9.33. The van der Waals surface area contributed by atoms with E-state index in [4.69, 9.17) is 0 Å². The fourth-order valence-corrected chi connectivity index (χ4v) is 1.77. The predicted octanol–water partition coefficient (Wildman–Crippen LogP) is 5.61. The molecule has 0 radical (unpaired) electrons. The van der Waals surface area contributed by atoms with Crippen molar-refractivity contribution in [2.24, 2.45) is 0 Å². The van der Waals surface area contributed by atoms with Gasteiger partial charge in [-0.3, -0.25) is 9.59 Å². The number of hydrogen-bond donors (Lipinski definition) is 0. The second-order valence-corrected chi connectivity index (χ2v) is 5.54. The average Bonchev–Trinajstić information content (AvgIpc) is 2.72. The van der Waals surface area contributed by atoms with E-state index in [1.807, 2.05) is 0 Å². The van der Waals surface area contributed by atoms with E-state index in [0.717, 1.165) is 0 Å². The minimum Gasteiger partial charge on any atom is -0.462 e. The molecule has 0 unspecified atom stereocenters. The Morgan fingerprint density at radius 1 is 0.833 bits per heavy atom. The highest BCUT2D eigenvalue weighted by molar-refractivity contribution is 5.66. The summed E-state index contributed by atoms with van der Waals surface area (Å²) in [5, 5.41) is 0. The highest BCUT2D eigenvalue weighted by Gasteiger charge is 1.94. The Bertz CT molecular complexity index is 845. The molecule has 4 nitrogen and oxygen atoms in total. The number of halogens is 2. The van der Waals surface area contributed by atoms with Gasteiger partial charge in [-0.15, -0.1) is 0 Å². The van der Waals surface area contributed by atoms with Crippen molar-refractivity contribution in [2.75, 3.05) is 13.2 Å². The summed E-state index contributed by atoms with van der Waals surface area (Å²) < 4.78 is 34.6. The highest BCUT2D eigenvalue weighted by Crippen LogP contribution is 2.08. The number of carbonyl (C=O) groups is 2. The van der Waals surface area contributed by atoms with E-state index in [-0.39, 0.29) is 30.2 Å². The van der Waals surface area contributed by atoms with Gasteiger partial charge in [-0.2, -0.15) is 0 Å². The molecule has 160 valence electrons. The molecule has 0 atom stereocenters. The number of rotatable bonds is 6. The Morgan fingerprint density at radius 2 is 1.30 bits per heavy atom. The third-order valence-electron chi connectivity index (χ3n) is 3.12. The number of carbonyl (C=O) groups excluding carboxylic acids is 2. The number of hydrogen-bond acceptors (Lipinski definition) is 4. The summed E-state index contributed by atoms with van der Waals surface area (Å²) in [6.07, 6.45) is 6.20. The van der Waals surface area contributed by atoms with Crippen molar-refractivity contribution in [1.82, 2.24) is 0 Å². The summed E-state index contributed by atoms with van der Waals surface area (Å²) in [5.74, 6) is -1.11. The van der Waals surface area contributed by atoms with Crippen LogP contribution in [0.4, 0.5) is 8.78 Å². The second kappa shape index (κ2) is 16.4. The lowest BCUT2D eigenvalue weighted by molar-refractivity contribution is -0.140. The van der Waals surface area contributed by atoms with E-state index < -0.39 is 0 Å². The van der Waals surface area contributed by atoms with Crippen molar-refractivity contribution in [3.8, 4) is 0 Å². The quantitative estimate of drug-likeness (QED) is 0.454. The van der Waals surface area contributed by atoms with Crippen LogP contribution in [0.15, 0.2) is 73.8 Å². The zero-order valence-electron chi connectivity index (χ0n) is 17.1. The molecule has 30 heavy (non-hydrogen) atoms. The second-order valence-electron chi connectivity index (χ2n) is 5.54. The number of esters is 2. The van der Waals surface area contributed by atoms with E-state index in [9.17, 15) is 18.4 Å². The molecule has 2 rings (SSSR count). The average molecular weight is 416 g/mol. The van der Waals surface area contributed by atoms with Gasteiger partial charge in [0.1, 0.15) is 24.8 Å². The van der Waals surface area contributed by atoms with E-state index in [2.05, 4.69) is 22.6 Å². The van der Waals surface area contributed by atoms with E-state index in [1.165, 1.54) is 38.1 Å². The third-order valence-corrected chi connectivity index (χ3v) is 3.12. The largest absolute Gasteiger partial charge is 0.462 e. The van der Waals surface area contributed by atoms with Gasteiger partial charge in [0.05, 0.1) is 0 Å². The summed E-state index contributed by atoms with van der Waals surface area (Å²) in [5.41, 5.74) is 1.04. The minimum atomic E-state index is -0.344. The molecule has 0 spiro atoms. The molecule has 0 aliphatic heterocycles. The Labute approximate surface area is 176 Å². The van der Waals surface area contributed by atoms with Crippen LogP contribution in [0.25, 0.3) is 12.2 Å². The molecule has 0 bridgehead atoms. The van der Waals surface area contributed by atoms with Gasteiger partial charge in [0.15, 0.2) is 0 Å². The molecule has 0 aromatic heterocycles. The maximum absolute atomic E-state index is 13.0. The maximum atomic E-state index is 13.0. The molecule has 0 aliphatic rings. The zero-order chi connectivity index (χ0) is 22.8. The van der Waals surface area contributed by atoms with Gasteiger partial charge in [-0.05, 0) is 18.2 Å². The van der Waals surface area contributed by atoms with Gasteiger partial charge < -0.3 is 9.47 Å². The fraction of sp³-hybridized carbons (Fsp3) is 0.167. The number of benzene rings is 2. The Kier molecular flexibility index (Phi) is 14.5. The first kappa shape index (κ1) is 26.5. The summed E-state index contributed by atoms with van der Waals surface area (Å²) in [7, 11) is 0. The maximum Gasteiger partial charge on any atom is 0.302 e. The summed E-state index contributed by atoms with van der Waals surface area (Å²) in [6, 6.07) is 12.9. The smallest absolute Gasteiger partial charge is 0.302 e. The molecule has 0 N–H and O–H groups in total. The summed E-state index contributed by atoms with van der Waals surface area (Å²) >= 11 is 0. The van der Waals surface area contributed by atoms with Crippen LogP contribution in [0.1, 0.15) is 25.0 Å². The fourth-order valence-electron chi connectivity index (χ4n) is 1.77. The topological polar surface area (TPSA) is 52.6 Å². The molecule has 2 aromatic carbocycles. The lowest BCUT2D eigenvalue weighted by Gasteiger charge is -1.96. The van der Waals surface area contributed by atoms with E-state index in [0.29, 0.717) is 17.7 Å². The summed E-state index contributed by atoms with van der Waals surface area (Å²) in [6.45, 7) is 9.99. The van der Waals surface area contributed by atoms with E-state index in [1.54, 1.807) is 48.6 Å². The van der Waals surface area contributed by atoms with Gasteiger partial charge in [0.25, 0.3) is 0 Å². The Morgan fingerprint density at radius 3 is 1.67 bits per heavy atom. The van der Waals surface area contributed by atoms with Crippen molar-refractivity contribution in [1.29, 1.82) is 0 Å². The van der Waals surface area contributed by atoms with Gasteiger partial charge in [-0.25, -0.2) is 8.78 Å². The first-order chi connectivity index (χ1) is 14.3. The van der Waals surface area contributed by atoms with Gasteiger partial charge in [-0.1, -0.05) is 67.8 Å². The van der Waals surface area contributed by atoms with Crippen LogP contribution in [-0.2, 0) is 19.1 Å². The zero-order valence-corrected chi connectivity index (χ0v) is 17.1. The van der Waals surface area contributed by atoms with Crippen LogP contribution < -0.4 is 0 Å². The molecule has 0 amide bonds. The molecule has 0 saturated carbocycles. The monoisotopic (exact) mass is 416 g/mol. The van der Waals surface area contributed by atoms with Crippen LogP contribution in [-0.4, -0.2) is 25.2 Å². The molecule has 6 heteroatoms. The van der Waals surface area contributed by atoms with Crippen molar-refractivity contribution in [3.05, 3.63) is 96.6 Å². The van der Waals surface area contributed by atoms with Crippen molar-refractivity contribution >= 4 is 24.1 Å². The lowest BCUT2D eigenvalue weighted by Crippen LogP contribution is -1.97. The molecule has 0 heterocycles. The molecular formula is C24H26F2O4. The molecule has 0 saturated heterocycles. The Hall–Kier alpha value is -3.54. The van der Waals surface area contributed by atoms with Crippen LogP contribution in [0.5, 0.6) is 0 Å². The molecule has 2 aromatic rings. The first-order valence-electron chi connectivity index (χ1n) is 8.97. The van der Waals surface area contributed by atoms with Gasteiger partial charge in [0.2, 0.25) is 0 Å².